The Morgan fingerprint density at radius 3 is 2.11 bits per heavy atom. The van der Waals surface area contributed by atoms with Crippen molar-refractivity contribution < 1.29 is 14.0 Å². The Kier molecular flexibility index (Phi) is 6.45. The highest BCUT2D eigenvalue weighted by atomic mass is 35.5. The first-order chi connectivity index (χ1) is 13.0. The largest absolute Gasteiger partial charge is 0.339 e. The van der Waals surface area contributed by atoms with Crippen LogP contribution in [0.2, 0.25) is 5.02 Å². The SMILES string of the molecule is O=C(CCc1ccccc1F)N1CCN(C(=O)Cc2ccc(Cl)cc2)CC1. The minimum absolute atomic E-state index is 0.00283. The Balaban J connectivity index is 1.45. The maximum absolute atomic E-state index is 13.6. The van der Waals surface area contributed by atoms with Gasteiger partial charge in [-0.25, -0.2) is 4.39 Å². The Morgan fingerprint density at radius 1 is 0.889 bits per heavy atom. The van der Waals surface area contributed by atoms with Gasteiger partial charge in [0.2, 0.25) is 11.8 Å². The maximum Gasteiger partial charge on any atom is 0.227 e. The molecule has 1 fully saturated rings. The quantitative estimate of drug-likeness (QED) is 0.788. The lowest BCUT2D eigenvalue weighted by atomic mass is 10.1. The van der Waals surface area contributed by atoms with Gasteiger partial charge in [-0.2, -0.15) is 0 Å². The molecule has 2 aromatic carbocycles. The van der Waals surface area contributed by atoms with Crippen LogP contribution in [-0.2, 0) is 22.4 Å². The number of nitrogens with zero attached hydrogens (tertiary/aromatic N) is 2. The molecule has 0 saturated carbocycles. The fourth-order valence-corrected chi connectivity index (χ4v) is 3.32. The van der Waals surface area contributed by atoms with Crippen molar-refractivity contribution >= 4 is 23.4 Å². The molecular formula is C21H22ClFN2O2. The number of aryl methyl sites for hydroxylation is 1. The summed E-state index contributed by atoms with van der Waals surface area (Å²) in [7, 11) is 0. The van der Waals surface area contributed by atoms with Gasteiger partial charge in [0.15, 0.2) is 0 Å². The van der Waals surface area contributed by atoms with Gasteiger partial charge in [-0.3, -0.25) is 9.59 Å². The first kappa shape index (κ1) is 19.4. The number of benzene rings is 2. The molecule has 3 rings (SSSR count). The molecule has 1 aliphatic rings. The van der Waals surface area contributed by atoms with Crippen molar-refractivity contribution in [2.75, 3.05) is 26.2 Å². The van der Waals surface area contributed by atoms with Gasteiger partial charge in [-0.05, 0) is 35.7 Å². The average molecular weight is 389 g/mol. The van der Waals surface area contributed by atoms with Crippen molar-refractivity contribution in [3.8, 4) is 0 Å². The van der Waals surface area contributed by atoms with Crippen LogP contribution in [0.1, 0.15) is 17.5 Å². The van der Waals surface area contributed by atoms with Gasteiger partial charge in [0.05, 0.1) is 6.42 Å². The molecule has 6 heteroatoms. The van der Waals surface area contributed by atoms with Gasteiger partial charge in [-0.1, -0.05) is 41.9 Å². The molecule has 0 aliphatic carbocycles. The molecule has 4 nitrogen and oxygen atoms in total. The normalized spacial score (nSPS) is 14.3. The van der Waals surface area contributed by atoms with Gasteiger partial charge in [0.1, 0.15) is 5.82 Å². The van der Waals surface area contributed by atoms with Crippen LogP contribution in [0.25, 0.3) is 0 Å². The summed E-state index contributed by atoms with van der Waals surface area (Å²) in [6.45, 7) is 2.08. The van der Waals surface area contributed by atoms with Crippen molar-refractivity contribution in [1.82, 2.24) is 9.80 Å². The Hall–Kier alpha value is -2.40. The van der Waals surface area contributed by atoms with E-state index in [-0.39, 0.29) is 24.1 Å². The topological polar surface area (TPSA) is 40.6 Å². The van der Waals surface area contributed by atoms with Crippen LogP contribution in [0.5, 0.6) is 0 Å². The third-order valence-corrected chi connectivity index (χ3v) is 5.07. The van der Waals surface area contributed by atoms with Crippen molar-refractivity contribution in [1.29, 1.82) is 0 Å². The van der Waals surface area contributed by atoms with Gasteiger partial charge < -0.3 is 9.80 Å². The Bertz CT molecular complexity index is 802. The van der Waals surface area contributed by atoms with E-state index in [4.69, 9.17) is 11.6 Å². The van der Waals surface area contributed by atoms with Crippen LogP contribution in [0, 0.1) is 5.82 Å². The number of hydrogen-bond acceptors (Lipinski definition) is 2. The lowest BCUT2D eigenvalue weighted by Crippen LogP contribution is -2.51. The molecule has 0 radical (unpaired) electrons. The lowest BCUT2D eigenvalue weighted by Gasteiger charge is -2.35. The zero-order valence-corrected chi connectivity index (χ0v) is 15.8. The number of amides is 2. The molecule has 142 valence electrons. The van der Waals surface area contributed by atoms with Crippen molar-refractivity contribution in [3.63, 3.8) is 0 Å². The van der Waals surface area contributed by atoms with E-state index in [1.165, 1.54) is 6.07 Å². The molecule has 0 bridgehead atoms. The number of halogens is 2. The van der Waals surface area contributed by atoms with E-state index in [0.29, 0.717) is 49.6 Å². The molecule has 0 N–H and O–H groups in total. The van der Waals surface area contributed by atoms with Crippen LogP contribution in [-0.4, -0.2) is 47.8 Å². The Labute approximate surface area is 163 Å². The van der Waals surface area contributed by atoms with E-state index in [1.54, 1.807) is 40.1 Å². The van der Waals surface area contributed by atoms with Crippen molar-refractivity contribution in [2.24, 2.45) is 0 Å². The zero-order valence-electron chi connectivity index (χ0n) is 15.0. The summed E-state index contributed by atoms with van der Waals surface area (Å²) in [5, 5.41) is 0.647. The molecule has 0 spiro atoms. The highest BCUT2D eigenvalue weighted by molar-refractivity contribution is 6.30. The number of carbonyl (C=O) groups excluding carboxylic acids is 2. The van der Waals surface area contributed by atoms with Crippen LogP contribution in [0.3, 0.4) is 0 Å². The van der Waals surface area contributed by atoms with E-state index in [0.717, 1.165) is 5.56 Å². The molecule has 0 unspecified atom stereocenters. The summed E-state index contributed by atoms with van der Waals surface area (Å²) in [4.78, 5) is 28.3. The molecule has 2 amide bonds. The van der Waals surface area contributed by atoms with Crippen LogP contribution in [0.4, 0.5) is 4.39 Å². The highest BCUT2D eigenvalue weighted by Crippen LogP contribution is 2.13. The smallest absolute Gasteiger partial charge is 0.227 e. The van der Waals surface area contributed by atoms with Gasteiger partial charge in [0, 0.05) is 37.6 Å². The fraction of sp³-hybridized carbons (Fsp3) is 0.333. The summed E-state index contributed by atoms with van der Waals surface area (Å²) in [6, 6.07) is 13.8. The monoisotopic (exact) mass is 388 g/mol. The molecule has 1 aliphatic heterocycles. The average Bonchev–Trinajstić information content (AvgIpc) is 2.69. The molecule has 2 aromatic rings. The maximum atomic E-state index is 13.6. The summed E-state index contributed by atoms with van der Waals surface area (Å²) in [6.07, 6.45) is 0.999. The van der Waals surface area contributed by atoms with Gasteiger partial charge in [-0.15, -0.1) is 0 Å². The van der Waals surface area contributed by atoms with E-state index >= 15 is 0 Å². The fourth-order valence-electron chi connectivity index (χ4n) is 3.19. The third kappa shape index (κ3) is 5.30. The second kappa shape index (κ2) is 9.00. The molecule has 0 aromatic heterocycles. The first-order valence-electron chi connectivity index (χ1n) is 9.06. The second-order valence-corrected chi connectivity index (χ2v) is 7.09. The highest BCUT2D eigenvalue weighted by Gasteiger charge is 2.24. The third-order valence-electron chi connectivity index (χ3n) is 4.82. The standard InChI is InChI=1S/C21H22ClFN2O2/c22-18-8-5-16(6-9-18)15-21(27)25-13-11-24(12-14-25)20(26)10-7-17-3-1-2-4-19(17)23/h1-6,8-9H,7,10-15H2. The number of piperazine rings is 1. The summed E-state index contributed by atoms with van der Waals surface area (Å²) in [5.41, 5.74) is 1.48. The van der Waals surface area contributed by atoms with Crippen molar-refractivity contribution in [3.05, 3.63) is 70.5 Å². The number of hydrogen-bond donors (Lipinski definition) is 0. The number of carbonyl (C=O) groups is 2. The predicted octanol–water partition coefficient (Wildman–Crippen LogP) is 3.33. The molecule has 1 saturated heterocycles. The molecule has 27 heavy (non-hydrogen) atoms. The zero-order chi connectivity index (χ0) is 19.2. The van der Waals surface area contributed by atoms with E-state index < -0.39 is 0 Å². The van der Waals surface area contributed by atoms with Crippen LogP contribution in [0.15, 0.2) is 48.5 Å². The van der Waals surface area contributed by atoms with Crippen LogP contribution < -0.4 is 0 Å². The van der Waals surface area contributed by atoms with E-state index in [1.807, 2.05) is 12.1 Å². The van der Waals surface area contributed by atoms with Gasteiger partial charge in [0.25, 0.3) is 0 Å². The molecular weight excluding hydrogens is 367 g/mol. The van der Waals surface area contributed by atoms with E-state index in [2.05, 4.69) is 0 Å². The summed E-state index contributed by atoms with van der Waals surface area (Å²) < 4.78 is 13.6. The summed E-state index contributed by atoms with van der Waals surface area (Å²) >= 11 is 5.86. The van der Waals surface area contributed by atoms with Crippen LogP contribution >= 0.6 is 11.6 Å². The minimum Gasteiger partial charge on any atom is -0.339 e. The second-order valence-electron chi connectivity index (χ2n) is 6.66. The van der Waals surface area contributed by atoms with Crippen molar-refractivity contribution in [2.45, 2.75) is 19.3 Å². The minimum atomic E-state index is -0.275. The van der Waals surface area contributed by atoms with Gasteiger partial charge >= 0.3 is 0 Å². The number of rotatable bonds is 5. The predicted molar refractivity (Wildman–Crippen MR) is 103 cm³/mol. The summed E-state index contributed by atoms with van der Waals surface area (Å²) in [5.74, 6) is -0.221. The Morgan fingerprint density at radius 2 is 1.48 bits per heavy atom. The first-order valence-corrected chi connectivity index (χ1v) is 9.44. The molecule has 0 atom stereocenters. The van der Waals surface area contributed by atoms with E-state index in [9.17, 15) is 14.0 Å². The lowest BCUT2D eigenvalue weighted by molar-refractivity contribution is -0.139. The molecule has 1 heterocycles.